The van der Waals surface area contributed by atoms with Crippen molar-refractivity contribution in [2.45, 2.75) is 45.7 Å². The molecular weight excluding hydrogens is 313 g/mol. The zero-order chi connectivity index (χ0) is 17.9. The third-order valence-electron chi connectivity index (χ3n) is 3.90. The lowest BCUT2D eigenvalue weighted by Gasteiger charge is -2.19. The molecule has 24 heavy (non-hydrogen) atoms. The van der Waals surface area contributed by atoms with Crippen LogP contribution in [0.5, 0.6) is 0 Å². The van der Waals surface area contributed by atoms with Crippen LogP contribution in [-0.2, 0) is 4.79 Å². The fourth-order valence-electron chi connectivity index (χ4n) is 2.73. The fourth-order valence-corrected chi connectivity index (χ4v) is 2.73. The highest BCUT2D eigenvalue weighted by molar-refractivity contribution is 5.87. The molecule has 2 unspecified atom stereocenters. The van der Waals surface area contributed by atoms with Gasteiger partial charge in [0.2, 0.25) is 5.91 Å². The number of halogens is 1. The summed E-state index contributed by atoms with van der Waals surface area (Å²) in [5, 5.41) is 5.91. The number of amides is 3. The van der Waals surface area contributed by atoms with Crippen molar-refractivity contribution in [3.05, 3.63) is 35.3 Å². The molecule has 2 rings (SSSR count). The van der Waals surface area contributed by atoms with E-state index in [0.29, 0.717) is 23.2 Å². The van der Waals surface area contributed by atoms with Crippen molar-refractivity contribution < 1.29 is 18.4 Å². The molecular formula is C17H22FN3O3. The van der Waals surface area contributed by atoms with Gasteiger partial charge in [0, 0.05) is 10.9 Å². The molecule has 6 nitrogen and oxygen atoms in total. The number of aryl methyl sites for hydroxylation is 1. The van der Waals surface area contributed by atoms with Crippen molar-refractivity contribution in [1.82, 2.24) is 10.6 Å². The lowest BCUT2D eigenvalue weighted by molar-refractivity contribution is -0.123. The van der Waals surface area contributed by atoms with Crippen LogP contribution >= 0.6 is 0 Å². The first-order chi connectivity index (χ1) is 11.3. The number of rotatable bonds is 6. The van der Waals surface area contributed by atoms with E-state index in [-0.39, 0.29) is 11.7 Å². The lowest BCUT2D eigenvalue weighted by atomic mass is 10.1. The maximum absolute atomic E-state index is 13.4. The van der Waals surface area contributed by atoms with Gasteiger partial charge in [-0.3, -0.25) is 4.79 Å². The summed E-state index contributed by atoms with van der Waals surface area (Å²) in [5.41, 5.74) is 6.44. The molecule has 1 aromatic heterocycles. The Labute approximate surface area is 139 Å². The number of carbonyl (C=O) groups is 2. The summed E-state index contributed by atoms with van der Waals surface area (Å²) in [7, 11) is 0. The van der Waals surface area contributed by atoms with Gasteiger partial charge >= 0.3 is 6.03 Å². The van der Waals surface area contributed by atoms with Gasteiger partial charge < -0.3 is 20.8 Å². The smallest absolute Gasteiger partial charge is 0.312 e. The first-order valence-corrected chi connectivity index (χ1v) is 7.88. The zero-order valence-corrected chi connectivity index (χ0v) is 14.0. The maximum Gasteiger partial charge on any atom is 0.312 e. The minimum atomic E-state index is -0.744. The van der Waals surface area contributed by atoms with Crippen molar-refractivity contribution >= 4 is 22.9 Å². The Hall–Kier alpha value is -2.57. The Bertz CT molecular complexity index is 757. The van der Waals surface area contributed by atoms with E-state index in [0.717, 1.165) is 12.0 Å². The normalized spacial score (nSPS) is 13.5. The maximum atomic E-state index is 13.4. The second-order valence-electron chi connectivity index (χ2n) is 5.81. The molecule has 0 radical (unpaired) electrons. The molecule has 130 valence electrons. The van der Waals surface area contributed by atoms with Gasteiger partial charge in [0.05, 0.1) is 6.04 Å². The molecule has 0 aliphatic carbocycles. The molecule has 0 fully saturated rings. The third-order valence-corrected chi connectivity index (χ3v) is 3.90. The number of furan rings is 1. The predicted molar refractivity (Wildman–Crippen MR) is 88.9 cm³/mol. The van der Waals surface area contributed by atoms with Crippen LogP contribution in [0.15, 0.2) is 22.6 Å². The summed E-state index contributed by atoms with van der Waals surface area (Å²) < 4.78 is 19.1. The molecule has 0 spiro atoms. The third kappa shape index (κ3) is 3.84. The number of urea groups is 1. The van der Waals surface area contributed by atoms with E-state index in [2.05, 4.69) is 10.6 Å². The van der Waals surface area contributed by atoms with E-state index in [1.807, 2.05) is 13.8 Å². The summed E-state index contributed by atoms with van der Waals surface area (Å²) in [5.74, 6) is -0.129. The van der Waals surface area contributed by atoms with Crippen LogP contribution in [0.2, 0.25) is 0 Å². The highest BCUT2D eigenvalue weighted by Gasteiger charge is 2.24. The van der Waals surface area contributed by atoms with Crippen LogP contribution in [0.4, 0.5) is 9.18 Å². The molecule has 7 heteroatoms. The quantitative estimate of drug-likeness (QED) is 0.757. The molecule has 2 atom stereocenters. The fraction of sp³-hybridized carbons (Fsp3) is 0.412. The highest BCUT2D eigenvalue weighted by Crippen LogP contribution is 2.29. The van der Waals surface area contributed by atoms with E-state index >= 15 is 0 Å². The predicted octanol–water partition coefficient (Wildman–Crippen LogP) is 2.89. The molecule has 1 aromatic carbocycles. The molecule has 4 N–H and O–H groups in total. The van der Waals surface area contributed by atoms with Crippen molar-refractivity contribution in [2.24, 2.45) is 5.73 Å². The van der Waals surface area contributed by atoms with Crippen molar-refractivity contribution in [3.8, 4) is 0 Å². The van der Waals surface area contributed by atoms with E-state index < -0.39 is 18.1 Å². The lowest BCUT2D eigenvalue weighted by Crippen LogP contribution is -2.49. The Morgan fingerprint density at radius 3 is 2.67 bits per heavy atom. The van der Waals surface area contributed by atoms with Crippen LogP contribution < -0.4 is 16.4 Å². The van der Waals surface area contributed by atoms with Crippen LogP contribution in [0.25, 0.3) is 11.0 Å². The van der Waals surface area contributed by atoms with Crippen LogP contribution in [0, 0.1) is 12.7 Å². The van der Waals surface area contributed by atoms with Crippen molar-refractivity contribution in [1.29, 1.82) is 0 Å². The molecule has 0 bridgehead atoms. The van der Waals surface area contributed by atoms with Crippen LogP contribution in [0.3, 0.4) is 0 Å². The Balaban J connectivity index is 2.19. The minimum absolute atomic E-state index is 0.339. The van der Waals surface area contributed by atoms with Crippen LogP contribution in [0.1, 0.15) is 44.1 Å². The highest BCUT2D eigenvalue weighted by atomic mass is 19.1. The number of nitrogens with two attached hydrogens (primary N) is 1. The average molecular weight is 335 g/mol. The number of nitrogens with one attached hydrogen (secondary N) is 2. The van der Waals surface area contributed by atoms with E-state index in [9.17, 15) is 14.0 Å². The summed E-state index contributed by atoms with van der Waals surface area (Å²) in [6.07, 6.45) is 1.20. The number of carbonyl (C=O) groups excluding carboxylic acids is 2. The topological polar surface area (TPSA) is 97.4 Å². The first kappa shape index (κ1) is 17.8. The number of fused-ring (bicyclic) bond motifs is 1. The van der Waals surface area contributed by atoms with Crippen molar-refractivity contribution in [3.63, 3.8) is 0 Å². The standard InChI is InChI=1S/C17H22FN3O3/c1-4-5-13(21-17(19)23)16(22)20-10(3)15-9(2)12-8-11(18)6-7-14(12)24-15/h6-8,10,13H,4-5H2,1-3H3,(H,20,22)(H3,19,21,23). The van der Waals surface area contributed by atoms with Gasteiger partial charge in [-0.2, -0.15) is 0 Å². The SMILES string of the molecule is CCCC(NC(N)=O)C(=O)NC(C)c1oc2ccc(F)cc2c1C. The first-order valence-electron chi connectivity index (χ1n) is 7.88. The number of benzene rings is 1. The van der Waals surface area contributed by atoms with Crippen molar-refractivity contribution in [2.75, 3.05) is 0 Å². The number of hydrogen-bond donors (Lipinski definition) is 3. The molecule has 0 aliphatic rings. The second-order valence-corrected chi connectivity index (χ2v) is 5.81. The summed E-state index contributed by atoms with van der Waals surface area (Å²) in [6, 6.07) is 2.42. The largest absolute Gasteiger partial charge is 0.459 e. The van der Waals surface area contributed by atoms with Gasteiger partial charge in [-0.05, 0) is 38.5 Å². The Morgan fingerprint density at radius 2 is 2.04 bits per heavy atom. The average Bonchev–Trinajstić information content (AvgIpc) is 2.83. The summed E-state index contributed by atoms with van der Waals surface area (Å²) in [6.45, 7) is 5.49. The van der Waals surface area contributed by atoms with E-state index in [1.165, 1.54) is 12.1 Å². The second kappa shape index (κ2) is 7.33. The van der Waals surface area contributed by atoms with Gasteiger partial charge in [-0.15, -0.1) is 0 Å². The Morgan fingerprint density at radius 1 is 1.33 bits per heavy atom. The number of hydrogen-bond acceptors (Lipinski definition) is 3. The summed E-state index contributed by atoms with van der Waals surface area (Å²) in [4.78, 5) is 23.4. The monoisotopic (exact) mass is 335 g/mol. The van der Waals surface area contributed by atoms with Gasteiger partial charge in [0.1, 0.15) is 23.2 Å². The zero-order valence-electron chi connectivity index (χ0n) is 14.0. The minimum Gasteiger partial charge on any atom is -0.459 e. The Kier molecular flexibility index (Phi) is 5.43. The van der Waals surface area contributed by atoms with Gasteiger partial charge in [0.25, 0.3) is 0 Å². The van der Waals surface area contributed by atoms with Gasteiger partial charge in [-0.1, -0.05) is 13.3 Å². The molecule has 0 saturated carbocycles. The molecule has 1 heterocycles. The molecule has 2 aromatic rings. The molecule has 3 amide bonds. The molecule has 0 aliphatic heterocycles. The van der Waals surface area contributed by atoms with Crippen LogP contribution in [-0.4, -0.2) is 18.0 Å². The summed E-state index contributed by atoms with van der Waals surface area (Å²) >= 11 is 0. The van der Waals surface area contributed by atoms with Gasteiger partial charge in [-0.25, -0.2) is 9.18 Å². The van der Waals surface area contributed by atoms with Gasteiger partial charge in [0.15, 0.2) is 0 Å². The number of primary amides is 1. The van der Waals surface area contributed by atoms with E-state index in [1.54, 1.807) is 13.0 Å². The molecule has 0 saturated heterocycles. The van der Waals surface area contributed by atoms with E-state index in [4.69, 9.17) is 10.2 Å².